The number of carboxylic acids is 1. The summed E-state index contributed by atoms with van der Waals surface area (Å²) in [6.45, 7) is 1.86. The maximum atomic E-state index is 12.9. The second-order valence-electron chi connectivity index (χ2n) is 9.01. The third-order valence-corrected chi connectivity index (χ3v) is 8.37. The van der Waals surface area contributed by atoms with Gasteiger partial charge in [-0.25, -0.2) is 9.78 Å². The Balaban J connectivity index is 1.27. The van der Waals surface area contributed by atoms with Gasteiger partial charge < -0.3 is 26.4 Å². The summed E-state index contributed by atoms with van der Waals surface area (Å²) in [5.41, 5.74) is 6.15. The molecule has 0 bridgehead atoms. The third-order valence-electron chi connectivity index (χ3n) is 6.51. The van der Waals surface area contributed by atoms with Crippen molar-refractivity contribution in [1.82, 2.24) is 29.8 Å². The Labute approximate surface area is 218 Å². The molecule has 0 radical (unpaired) electrons. The summed E-state index contributed by atoms with van der Waals surface area (Å²) in [5, 5.41) is 17.8. The number of allylic oxidation sites excluding steroid dienone is 1. The summed E-state index contributed by atoms with van der Waals surface area (Å²) in [6, 6.07) is -2.09. The average molecular weight is 549 g/mol. The lowest BCUT2D eigenvalue weighted by molar-refractivity contribution is -0.150. The molecule has 1 aromatic rings. The molecular weight excluding hydrogens is 524 g/mol. The van der Waals surface area contributed by atoms with Gasteiger partial charge in [-0.05, 0) is 36.1 Å². The zero-order valence-corrected chi connectivity index (χ0v) is 21.1. The number of nitrogens with one attached hydrogen (secondary N) is 2. The molecule has 14 nitrogen and oxygen atoms in total. The van der Waals surface area contributed by atoms with Gasteiger partial charge in [0, 0.05) is 48.5 Å². The van der Waals surface area contributed by atoms with Gasteiger partial charge in [0.25, 0.3) is 11.8 Å². The molecule has 3 unspecified atom stereocenters. The van der Waals surface area contributed by atoms with E-state index < -0.39 is 35.2 Å². The maximum Gasteiger partial charge on any atom is 0.352 e. The second-order valence-corrected chi connectivity index (χ2v) is 10.9. The first-order valence-corrected chi connectivity index (χ1v) is 13.5. The van der Waals surface area contributed by atoms with E-state index in [9.17, 15) is 29.2 Å². The fraction of sp³-hybridized carbons (Fsp3) is 0.524. The molecule has 1 aromatic heterocycles. The molecule has 5 rings (SSSR count). The van der Waals surface area contributed by atoms with Gasteiger partial charge in [0.2, 0.25) is 11.9 Å². The number of carbonyl (C=O) groups excluding carboxylic acids is 3. The van der Waals surface area contributed by atoms with E-state index in [1.165, 1.54) is 11.8 Å². The van der Waals surface area contributed by atoms with Crippen LogP contribution in [-0.2, 0) is 19.2 Å². The van der Waals surface area contributed by atoms with Crippen LogP contribution in [0.5, 0.6) is 0 Å². The van der Waals surface area contributed by atoms with Crippen LogP contribution in [0.1, 0.15) is 31.1 Å². The molecule has 2 saturated heterocycles. The topological polar surface area (TPSA) is 200 Å². The lowest BCUT2D eigenvalue weighted by Gasteiger charge is -2.49. The number of anilines is 1. The molecule has 3 amide bonds. The van der Waals surface area contributed by atoms with Crippen molar-refractivity contribution < 1.29 is 24.3 Å². The number of nitroso groups, excluding NO2 is 1. The molecule has 0 aromatic carbocycles. The number of hydrogen-bond acceptors (Lipinski definition) is 12. The second kappa shape index (κ2) is 10.2. The van der Waals surface area contributed by atoms with Crippen LogP contribution in [0, 0.1) is 4.91 Å². The number of fused-ring (bicyclic) bond motifs is 1. The number of rotatable bonds is 10. The molecule has 16 heteroatoms. The van der Waals surface area contributed by atoms with E-state index in [1.54, 1.807) is 11.0 Å². The zero-order valence-electron chi connectivity index (χ0n) is 19.5. The van der Waals surface area contributed by atoms with E-state index in [1.807, 2.05) is 0 Å². The standard InChI is InChI=1S/C21H24N8O6S2/c22-21-25-15(27-37-21)12(26-35)16(30)24-13-18(32)29-14(20(33)34)10(8-36-19(13)29)7-9-3-5-28(17(9)31)6-4-23-11-1-2-11/h7,11-13,19,23H,1-6,8H2,(H,24,30)(H,33,34)(H2,22,25,27). The van der Waals surface area contributed by atoms with Gasteiger partial charge in [-0.1, -0.05) is 0 Å². The monoisotopic (exact) mass is 548 g/mol. The number of aromatic nitrogens is 2. The van der Waals surface area contributed by atoms with E-state index in [0.29, 0.717) is 43.2 Å². The predicted molar refractivity (Wildman–Crippen MR) is 133 cm³/mol. The lowest BCUT2D eigenvalue weighted by atomic mass is 10.0. The van der Waals surface area contributed by atoms with Crippen LogP contribution in [0.25, 0.3) is 0 Å². The first-order chi connectivity index (χ1) is 17.8. The van der Waals surface area contributed by atoms with Crippen LogP contribution in [0.2, 0.25) is 0 Å². The van der Waals surface area contributed by atoms with E-state index in [4.69, 9.17) is 5.73 Å². The molecule has 1 saturated carbocycles. The first-order valence-electron chi connectivity index (χ1n) is 11.6. The molecule has 196 valence electrons. The van der Waals surface area contributed by atoms with Gasteiger partial charge >= 0.3 is 5.97 Å². The molecule has 3 atom stereocenters. The molecular formula is C21H24N8O6S2. The highest BCUT2D eigenvalue weighted by Gasteiger charge is 2.54. The summed E-state index contributed by atoms with van der Waals surface area (Å²) < 4.78 is 3.82. The fourth-order valence-corrected chi connectivity index (χ4v) is 6.24. The van der Waals surface area contributed by atoms with Crippen molar-refractivity contribution in [3.05, 3.63) is 33.7 Å². The number of nitrogens with zero attached hydrogens (tertiary/aromatic N) is 5. The van der Waals surface area contributed by atoms with Crippen LogP contribution in [0.3, 0.4) is 0 Å². The fourth-order valence-electron chi connectivity index (χ4n) is 4.47. The Morgan fingerprint density at radius 3 is 2.76 bits per heavy atom. The number of β-lactam (4-membered cyclic amide) rings is 1. The Morgan fingerprint density at radius 2 is 2.11 bits per heavy atom. The van der Waals surface area contributed by atoms with E-state index in [0.717, 1.165) is 29.3 Å². The molecule has 37 heavy (non-hydrogen) atoms. The number of carbonyl (C=O) groups is 4. The minimum Gasteiger partial charge on any atom is -0.477 e. The summed E-state index contributed by atoms with van der Waals surface area (Å²) in [7, 11) is 0. The number of likely N-dealkylation sites (tertiary alicyclic amines) is 1. The Morgan fingerprint density at radius 1 is 1.32 bits per heavy atom. The van der Waals surface area contributed by atoms with E-state index in [2.05, 4.69) is 25.2 Å². The van der Waals surface area contributed by atoms with Gasteiger partial charge in [-0.3, -0.25) is 19.3 Å². The zero-order chi connectivity index (χ0) is 26.3. The third kappa shape index (κ3) is 4.95. The van der Waals surface area contributed by atoms with Gasteiger partial charge in [-0.2, -0.15) is 4.37 Å². The number of aliphatic carboxylic acids is 1. The van der Waals surface area contributed by atoms with Crippen LogP contribution >= 0.6 is 23.3 Å². The summed E-state index contributed by atoms with van der Waals surface area (Å²) >= 11 is 2.05. The minimum absolute atomic E-state index is 0.0573. The predicted octanol–water partition coefficient (Wildman–Crippen LogP) is -0.423. The number of nitrogens with two attached hydrogens (primary N) is 1. The SMILES string of the molecule is Nc1nc(C(N=O)C(=O)NC2C(=O)N3C(C(=O)O)=C(C=C4CCN(CCNC5CC5)C4=O)CSC23)ns1. The molecule has 3 fully saturated rings. The van der Waals surface area contributed by atoms with E-state index >= 15 is 0 Å². The van der Waals surface area contributed by atoms with Gasteiger partial charge in [-0.15, -0.1) is 16.7 Å². The van der Waals surface area contributed by atoms with Crippen LogP contribution < -0.4 is 16.4 Å². The van der Waals surface area contributed by atoms with Crippen molar-refractivity contribution in [3.8, 4) is 0 Å². The van der Waals surface area contributed by atoms with Crippen molar-refractivity contribution in [1.29, 1.82) is 0 Å². The molecule has 4 heterocycles. The Bertz CT molecular complexity index is 1230. The van der Waals surface area contributed by atoms with E-state index in [-0.39, 0.29) is 28.3 Å². The number of hydrogen-bond donors (Lipinski definition) is 4. The maximum absolute atomic E-state index is 12.9. The highest BCUT2D eigenvalue weighted by Crippen LogP contribution is 2.41. The average Bonchev–Trinajstić information content (AvgIpc) is 3.51. The Kier molecular flexibility index (Phi) is 6.96. The molecule has 0 spiro atoms. The van der Waals surface area contributed by atoms with Crippen LogP contribution in [-0.4, -0.2) is 90.8 Å². The first kappa shape index (κ1) is 25.3. The largest absolute Gasteiger partial charge is 0.477 e. The molecule has 1 aliphatic carbocycles. The highest BCUT2D eigenvalue weighted by atomic mass is 32.2. The van der Waals surface area contributed by atoms with Crippen molar-refractivity contribution in [2.24, 2.45) is 5.18 Å². The van der Waals surface area contributed by atoms with Crippen LogP contribution in [0.4, 0.5) is 5.13 Å². The number of amides is 3. The number of thioether (sulfide) groups is 1. The highest BCUT2D eigenvalue weighted by molar-refractivity contribution is 8.00. The van der Waals surface area contributed by atoms with Crippen LogP contribution in [0.15, 0.2) is 28.1 Å². The van der Waals surface area contributed by atoms with Gasteiger partial charge in [0.05, 0.1) is 0 Å². The Hall–Kier alpha value is -3.37. The van der Waals surface area contributed by atoms with Crippen molar-refractivity contribution in [2.45, 2.75) is 42.8 Å². The minimum atomic E-state index is -1.59. The quantitative estimate of drug-likeness (QED) is 0.168. The molecule has 3 aliphatic heterocycles. The smallest absolute Gasteiger partial charge is 0.352 e. The van der Waals surface area contributed by atoms with Gasteiger partial charge in [0.1, 0.15) is 17.1 Å². The molecule has 5 N–H and O–H groups in total. The summed E-state index contributed by atoms with van der Waals surface area (Å²) in [5.74, 6) is -2.91. The van der Waals surface area contributed by atoms with Crippen molar-refractivity contribution in [3.63, 3.8) is 0 Å². The lowest BCUT2D eigenvalue weighted by Crippen LogP contribution is -2.70. The number of nitrogen functional groups attached to an aromatic ring is 1. The summed E-state index contributed by atoms with van der Waals surface area (Å²) in [6.07, 6.45) is 4.40. The number of carboxylic acid groups (broad SMARTS) is 1. The van der Waals surface area contributed by atoms with Gasteiger partial charge in [0.15, 0.2) is 11.0 Å². The normalized spacial score (nSPS) is 25.2. The molecule has 4 aliphatic rings. The summed E-state index contributed by atoms with van der Waals surface area (Å²) in [4.78, 5) is 68.4. The van der Waals surface area contributed by atoms with Crippen molar-refractivity contribution >= 4 is 52.1 Å². The van der Waals surface area contributed by atoms with Crippen molar-refractivity contribution in [2.75, 3.05) is 31.1 Å².